The summed E-state index contributed by atoms with van der Waals surface area (Å²) in [5.74, 6) is 1.17. The summed E-state index contributed by atoms with van der Waals surface area (Å²) >= 11 is 1.85. The van der Waals surface area contributed by atoms with Gasteiger partial charge in [0.25, 0.3) is 0 Å². The van der Waals surface area contributed by atoms with E-state index in [2.05, 4.69) is 33.0 Å². The van der Waals surface area contributed by atoms with Gasteiger partial charge in [-0.25, -0.2) is 0 Å². The van der Waals surface area contributed by atoms with Crippen molar-refractivity contribution in [3.63, 3.8) is 0 Å². The van der Waals surface area contributed by atoms with Gasteiger partial charge in [0.05, 0.1) is 11.6 Å². The standard InChI is InChI=1S/C13H24N2OS/c1-5-12(3)7-9-17-11(14-12)15-13(4)6-8-16-10(13)2/h10H,5-9H2,1-4H3,(H,14,15). The van der Waals surface area contributed by atoms with Crippen LogP contribution in [0.15, 0.2) is 4.99 Å². The van der Waals surface area contributed by atoms with Gasteiger partial charge >= 0.3 is 0 Å². The number of hydrogen-bond donors (Lipinski definition) is 1. The van der Waals surface area contributed by atoms with E-state index in [1.165, 1.54) is 12.2 Å². The van der Waals surface area contributed by atoms with Crippen molar-refractivity contribution in [2.75, 3.05) is 12.4 Å². The predicted octanol–water partition coefficient (Wildman–Crippen LogP) is 2.81. The van der Waals surface area contributed by atoms with Gasteiger partial charge < -0.3 is 10.1 Å². The van der Waals surface area contributed by atoms with Gasteiger partial charge in [-0.15, -0.1) is 0 Å². The first kappa shape index (κ1) is 13.2. The zero-order valence-electron chi connectivity index (χ0n) is 11.4. The van der Waals surface area contributed by atoms with Crippen LogP contribution in [0.2, 0.25) is 0 Å². The Labute approximate surface area is 109 Å². The number of nitrogens with zero attached hydrogens (tertiary/aromatic N) is 1. The van der Waals surface area contributed by atoms with Crippen LogP contribution >= 0.6 is 11.8 Å². The molecule has 0 aromatic rings. The molecule has 98 valence electrons. The molecule has 2 rings (SSSR count). The number of rotatable bonds is 2. The van der Waals surface area contributed by atoms with Crippen LogP contribution in [0.3, 0.4) is 0 Å². The fourth-order valence-corrected chi connectivity index (χ4v) is 3.60. The summed E-state index contributed by atoms with van der Waals surface area (Å²) in [5, 5.41) is 4.72. The van der Waals surface area contributed by atoms with Crippen LogP contribution in [-0.2, 0) is 4.74 Å². The highest BCUT2D eigenvalue weighted by Crippen LogP contribution is 2.32. The maximum absolute atomic E-state index is 5.64. The van der Waals surface area contributed by atoms with Crippen LogP contribution < -0.4 is 5.32 Å². The summed E-state index contributed by atoms with van der Waals surface area (Å²) in [5.41, 5.74) is 0.185. The number of amidine groups is 1. The largest absolute Gasteiger partial charge is 0.376 e. The second-order valence-corrected chi connectivity index (χ2v) is 6.76. The molecule has 0 radical (unpaired) electrons. The van der Waals surface area contributed by atoms with Crippen LogP contribution in [0.1, 0.15) is 47.0 Å². The molecule has 2 aliphatic rings. The highest BCUT2D eigenvalue weighted by Gasteiger charge is 2.38. The van der Waals surface area contributed by atoms with E-state index in [-0.39, 0.29) is 17.2 Å². The lowest BCUT2D eigenvalue weighted by atomic mass is 9.95. The first-order valence-corrected chi connectivity index (χ1v) is 7.58. The smallest absolute Gasteiger partial charge is 0.157 e. The number of aliphatic imine (C=N–C) groups is 1. The molecule has 4 heteroatoms. The van der Waals surface area contributed by atoms with E-state index in [1.807, 2.05) is 11.8 Å². The van der Waals surface area contributed by atoms with Gasteiger partial charge in [-0.1, -0.05) is 18.7 Å². The molecule has 2 fully saturated rings. The summed E-state index contributed by atoms with van der Waals surface area (Å²) in [4.78, 5) is 4.93. The Bertz CT molecular complexity index is 321. The van der Waals surface area contributed by atoms with Gasteiger partial charge in [-0.3, -0.25) is 4.99 Å². The molecular formula is C13H24N2OS. The Hall–Kier alpha value is -0.220. The number of thioether (sulfide) groups is 1. The van der Waals surface area contributed by atoms with Crippen LogP contribution in [0.25, 0.3) is 0 Å². The summed E-state index contributed by atoms with van der Waals surface area (Å²) < 4.78 is 5.64. The second-order valence-electron chi connectivity index (χ2n) is 5.67. The average molecular weight is 256 g/mol. The lowest BCUT2D eigenvalue weighted by molar-refractivity contribution is 0.101. The minimum Gasteiger partial charge on any atom is -0.376 e. The van der Waals surface area contributed by atoms with E-state index >= 15 is 0 Å². The summed E-state index contributed by atoms with van der Waals surface area (Å²) in [7, 11) is 0. The first-order chi connectivity index (χ1) is 7.97. The Balaban J connectivity index is 2.11. The lowest BCUT2D eigenvalue weighted by Crippen LogP contribution is -2.49. The molecule has 2 heterocycles. The van der Waals surface area contributed by atoms with E-state index in [4.69, 9.17) is 9.73 Å². The van der Waals surface area contributed by atoms with Gasteiger partial charge in [0.1, 0.15) is 0 Å². The third-order valence-electron chi connectivity index (χ3n) is 4.29. The Morgan fingerprint density at radius 2 is 2.24 bits per heavy atom. The van der Waals surface area contributed by atoms with Crippen molar-refractivity contribution in [3.8, 4) is 0 Å². The van der Waals surface area contributed by atoms with E-state index in [1.54, 1.807) is 0 Å². The minimum absolute atomic E-state index is 0.0404. The SMILES string of the molecule is CCC1(C)CCSC(=NC2(C)CCOC2C)N1. The highest BCUT2D eigenvalue weighted by atomic mass is 32.2. The van der Waals surface area contributed by atoms with Gasteiger partial charge in [0.2, 0.25) is 0 Å². The Morgan fingerprint density at radius 3 is 2.82 bits per heavy atom. The van der Waals surface area contributed by atoms with Gasteiger partial charge in [0, 0.05) is 17.9 Å². The van der Waals surface area contributed by atoms with Crippen LogP contribution in [-0.4, -0.2) is 34.7 Å². The van der Waals surface area contributed by atoms with Crippen molar-refractivity contribution in [1.29, 1.82) is 0 Å². The molecule has 0 aromatic carbocycles. The highest BCUT2D eigenvalue weighted by molar-refractivity contribution is 8.13. The molecule has 2 saturated heterocycles. The Morgan fingerprint density at radius 1 is 1.47 bits per heavy atom. The number of hydrogen-bond acceptors (Lipinski definition) is 3. The average Bonchev–Trinajstić information content (AvgIpc) is 2.59. The molecule has 0 spiro atoms. The normalized spacial score (nSPS) is 44.9. The number of ether oxygens (including phenoxy) is 1. The predicted molar refractivity (Wildman–Crippen MR) is 74.8 cm³/mol. The minimum atomic E-state index is -0.0404. The summed E-state index contributed by atoms with van der Waals surface area (Å²) in [6.45, 7) is 9.70. The molecule has 0 aliphatic carbocycles. The van der Waals surface area contributed by atoms with Crippen molar-refractivity contribution in [2.24, 2.45) is 4.99 Å². The second kappa shape index (κ2) is 4.81. The molecule has 3 nitrogen and oxygen atoms in total. The zero-order valence-corrected chi connectivity index (χ0v) is 12.2. The zero-order chi connectivity index (χ0) is 12.5. The fourth-order valence-electron chi connectivity index (χ4n) is 2.26. The van der Waals surface area contributed by atoms with E-state index < -0.39 is 0 Å². The fraction of sp³-hybridized carbons (Fsp3) is 0.923. The maximum Gasteiger partial charge on any atom is 0.157 e. The lowest BCUT2D eigenvalue weighted by Gasteiger charge is -2.36. The Kier molecular flexibility index (Phi) is 3.74. The topological polar surface area (TPSA) is 33.6 Å². The molecule has 1 N–H and O–H groups in total. The van der Waals surface area contributed by atoms with Crippen molar-refractivity contribution in [1.82, 2.24) is 5.32 Å². The monoisotopic (exact) mass is 256 g/mol. The summed E-state index contributed by atoms with van der Waals surface area (Å²) in [6, 6.07) is 0. The molecule has 3 atom stereocenters. The van der Waals surface area contributed by atoms with Crippen molar-refractivity contribution < 1.29 is 4.74 Å². The third-order valence-corrected chi connectivity index (χ3v) is 5.17. The van der Waals surface area contributed by atoms with Gasteiger partial charge in [0.15, 0.2) is 5.17 Å². The molecule has 3 unspecified atom stereocenters. The molecule has 17 heavy (non-hydrogen) atoms. The van der Waals surface area contributed by atoms with E-state index in [9.17, 15) is 0 Å². The molecule has 2 aliphatic heterocycles. The van der Waals surface area contributed by atoms with Gasteiger partial charge in [-0.2, -0.15) is 0 Å². The third kappa shape index (κ3) is 2.79. The maximum atomic E-state index is 5.64. The summed E-state index contributed by atoms with van der Waals surface area (Å²) in [6.07, 6.45) is 3.63. The molecular weight excluding hydrogens is 232 g/mol. The molecule has 0 bridgehead atoms. The first-order valence-electron chi connectivity index (χ1n) is 6.60. The molecule has 0 aromatic heterocycles. The van der Waals surface area contributed by atoms with Crippen molar-refractivity contribution in [2.45, 2.75) is 64.1 Å². The quantitative estimate of drug-likeness (QED) is 0.825. The van der Waals surface area contributed by atoms with Gasteiger partial charge in [-0.05, 0) is 40.0 Å². The van der Waals surface area contributed by atoms with E-state index in [0.29, 0.717) is 0 Å². The molecule has 0 saturated carbocycles. The van der Waals surface area contributed by atoms with Crippen LogP contribution in [0.4, 0.5) is 0 Å². The van der Waals surface area contributed by atoms with Crippen molar-refractivity contribution >= 4 is 16.9 Å². The van der Waals surface area contributed by atoms with Crippen LogP contribution in [0, 0.1) is 0 Å². The van der Waals surface area contributed by atoms with Crippen LogP contribution in [0.5, 0.6) is 0 Å². The van der Waals surface area contributed by atoms with E-state index in [0.717, 1.165) is 24.6 Å². The number of nitrogens with one attached hydrogen (secondary N) is 1. The van der Waals surface area contributed by atoms with Crippen molar-refractivity contribution in [3.05, 3.63) is 0 Å². The molecule has 0 amide bonds.